The van der Waals surface area contributed by atoms with E-state index in [-0.39, 0.29) is 0 Å². The maximum absolute atomic E-state index is 3.67. The van der Waals surface area contributed by atoms with Crippen molar-refractivity contribution in [2.45, 2.75) is 76.4 Å². The van der Waals surface area contributed by atoms with Crippen LogP contribution in [0.1, 0.15) is 58.3 Å². The Bertz CT molecular complexity index is 233. The molecule has 1 saturated carbocycles. The highest BCUT2D eigenvalue weighted by Crippen LogP contribution is 2.38. The Hall–Kier alpha value is -0.0800. The SMILES string of the molecule is CCNC1CC2CCC(C1)N2CC1CCCC1. The summed E-state index contributed by atoms with van der Waals surface area (Å²) >= 11 is 0. The van der Waals surface area contributed by atoms with Crippen LogP contribution in [0.4, 0.5) is 0 Å². The van der Waals surface area contributed by atoms with Gasteiger partial charge in [0.2, 0.25) is 0 Å². The molecule has 0 amide bonds. The van der Waals surface area contributed by atoms with Crippen LogP contribution < -0.4 is 5.32 Å². The predicted octanol–water partition coefficient (Wildman–Crippen LogP) is 2.78. The molecule has 0 aromatic carbocycles. The van der Waals surface area contributed by atoms with Crippen molar-refractivity contribution in [2.24, 2.45) is 5.92 Å². The number of fused-ring (bicyclic) bond motifs is 2. The van der Waals surface area contributed by atoms with Gasteiger partial charge in [-0.2, -0.15) is 0 Å². The minimum atomic E-state index is 0.817. The van der Waals surface area contributed by atoms with Gasteiger partial charge in [0, 0.05) is 24.7 Å². The first-order chi connectivity index (χ1) is 8.36. The van der Waals surface area contributed by atoms with Gasteiger partial charge in [0.25, 0.3) is 0 Å². The van der Waals surface area contributed by atoms with Crippen LogP contribution in [-0.2, 0) is 0 Å². The lowest BCUT2D eigenvalue weighted by Gasteiger charge is -2.40. The largest absolute Gasteiger partial charge is 0.314 e. The van der Waals surface area contributed by atoms with Gasteiger partial charge >= 0.3 is 0 Å². The van der Waals surface area contributed by atoms with Crippen LogP contribution in [0.25, 0.3) is 0 Å². The number of hydrogen-bond acceptors (Lipinski definition) is 2. The lowest BCUT2D eigenvalue weighted by Crippen LogP contribution is -2.50. The highest BCUT2D eigenvalue weighted by molar-refractivity contribution is 4.98. The second-order valence-electron chi connectivity index (χ2n) is 6.46. The monoisotopic (exact) mass is 236 g/mol. The quantitative estimate of drug-likeness (QED) is 0.807. The zero-order valence-electron chi connectivity index (χ0n) is 11.3. The summed E-state index contributed by atoms with van der Waals surface area (Å²) in [7, 11) is 0. The first-order valence-corrected chi connectivity index (χ1v) is 7.86. The van der Waals surface area contributed by atoms with Gasteiger partial charge in [0.05, 0.1) is 0 Å². The predicted molar refractivity (Wildman–Crippen MR) is 72.2 cm³/mol. The van der Waals surface area contributed by atoms with Crippen LogP contribution in [-0.4, -0.2) is 36.1 Å². The second kappa shape index (κ2) is 5.27. The molecule has 0 radical (unpaired) electrons. The van der Waals surface area contributed by atoms with Gasteiger partial charge in [0.1, 0.15) is 0 Å². The summed E-state index contributed by atoms with van der Waals surface area (Å²) in [5.41, 5.74) is 0. The molecule has 1 N–H and O–H groups in total. The Morgan fingerprint density at radius 2 is 1.65 bits per heavy atom. The summed E-state index contributed by atoms with van der Waals surface area (Å²) in [5, 5.41) is 3.67. The highest BCUT2D eigenvalue weighted by Gasteiger charge is 2.41. The van der Waals surface area contributed by atoms with Crippen LogP contribution >= 0.6 is 0 Å². The van der Waals surface area contributed by atoms with Gasteiger partial charge in [0.15, 0.2) is 0 Å². The summed E-state index contributed by atoms with van der Waals surface area (Å²) in [6.07, 6.45) is 11.8. The van der Waals surface area contributed by atoms with E-state index in [9.17, 15) is 0 Å². The van der Waals surface area contributed by atoms with Crippen molar-refractivity contribution in [3.05, 3.63) is 0 Å². The van der Waals surface area contributed by atoms with Gasteiger partial charge in [-0.05, 0) is 51.0 Å². The molecule has 2 atom stereocenters. The Balaban J connectivity index is 1.56. The van der Waals surface area contributed by atoms with E-state index < -0.39 is 0 Å². The third-order valence-electron chi connectivity index (χ3n) is 5.32. The summed E-state index contributed by atoms with van der Waals surface area (Å²) in [6.45, 7) is 4.81. The minimum absolute atomic E-state index is 0.817. The average Bonchev–Trinajstić information content (AvgIpc) is 2.89. The maximum Gasteiger partial charge on any atom is 0.0114 e. The van der Waals surface area contributed by atoms with Crippen LogP contribution in [0, 0.1) is 5.92 Å². The number of hydrogen-bond donors (Lipinski definition) is 1. The fourth-order valence-corrected chi connectivity index (χ4v) is 4.52. The Kier molecular flexibility index (Phi) is 3.72. The summed E-state index contributed by atoms with van der Waals surface area (Å²) in [6, 6.07) is 2.65. The Morgan fingerprint density at radius 1 is 1.00 bits per heavy atom. The molecule has 1 aliphatic carbocycles. The van der Waals surface area contributed by atoms with E-state index in [1.54, 1.807) is 0 Å². The topological polar surface area (TPSA) is 15.3 Å². The van der Waals surface area contributed by atoms with Crippen molar-refractivity contribution in [3.8, 4) is 0 Å². The van der Waals surface area contributed by atoms with Crippen molar-refractivity contribution >= 4 is 0 Å². The fourth-order valence-electron chi connectivity index (χ4n) is 4.52. The third-order valence-corrected chi connectivity index (χ3v) is 5.32. The second-order valence-corrected chi connectivity index (χ2v) is 6.46. The zero-order valence-corrected chi connectivity index (χ0v) is 11.3. The molecule has 2 nitrogen and oxygen atoms in total. The molecule has 0 aromatic heterocycles. The number of nitrogens with one attached hydrogen (secondary N) is 1. The first-order valence-electron chi connectivity index (χ1n) is 7.86. The van der Waals surface area contributed by atoms with Crippen molar-refractivity contribution in [1.82, 2.24) is 10.2 Å². The van der Waals surface area contributed by atoms with Crippen molar-refractivity contribution in [3.63, 3.8) is 0 Å². The van der Waals surface area contributed by atoms with E-state index in [2.05, 4.69) is 17.1 Å². The van der Waals surface area contributed by atoms with E-state index in [1.165, 1.54) is 57.9 Å². The van der Waals surface area contributed by atoms with Crippen LogP contribution in [0.5, 0.6) is 0 Å². The normalized spacial score (nSPS) is 39.0. The van der Waals surface area contributed by atoms with E-state index in [4.69, 9.17) is 0 Å². The molecule has 98 valence electrons. The van der Waals surface area contributed by atoms with Gasteiger partial charge in [-0.3, -0.25) is 4.90 Å². The molecular weight excluding hydrogens is 208 g/mol. The number of nitrogens with zero attached hydrogens (tertiary/aromatic N) is 1. The number of rotatable bonds is 4. The molecule has 3 rings (SSSR count). The molecule has 2 aliphatic heterocycles. The van der Waals surface area contributed by atoms with Crippen LogP contribution in [0.3, 0.4) is 0 Å². The van der Waals surface area contributed by atoms with Gasteiger partial charge in [-0.15, -0.1) is 0 Å². The van der Waals surface area contributed by atoms with E-state index in [0.717, 1.165) is 30.6 Å². The van der Waals surface area contributed by atoms with Gasteiger partial charge in [-0.1, -0.05) is 19.8 Å². The molecule has 3 aliphatic rings. The smallest absolute Gasteiger partial charge is 0.0114 e. The van der Waals surface area contributed by atoms with Crippen LogP contribution in [0.2, 0.25) is 0 Å². The Labute approximate surface area is 106 Å². The standard InChI is InChI=1S/C15H28N2/c1-2-16-13-9-14-7-8-15(10-13)17(14)11-12-5-3-4-6-12/h12-16H,2-11H2,1H3. The maximum atomic E-state index is 3.67. The molecule has 2 bridgehead atoms. The van der Waals surface area contributed by atoms with Gasteiger partial charge in [-0.25, -0.2) is 0 Å². The molecule has 0 aromatic rings. The molecule has 2 heterocycles. The summed E-state index contributed by atoms with van der Waals surface area (Å²) in [5.74, 6) is 1.04. The Morgan fingerprint density at radius 3 is 2.24 bits per heavy atom. The molecule has 2 unspecified atom stereocenters. The van der Waals surface area contributed by atoms with Crippen molar-refractivity contribution in [2.75, 3.05) is 13.1 Å². The number of piperidine rings is 1. The summed E-state index contributed by atoms with van der Waals surface area (Å²) in [4.78, 5) is 2.89. The van der Waals surface area contributed by atoms with Crippen molar-refractivity contribution < 1.29 is 0 Å². The third kappa shape index (κ3) is 2.53. The first kappa shape index (κ1) is 12.0. The lowest BCUT2D eigenvalue weighted by molar-refractivity contribution is 0.0989. The molecule has 2 heteroatoms. The van der Waals surface area contributed by atoms with Gasteiger partial charge < -0.3 is 5.32 Å². The minimum Gasteiger partial charge on any atom is -0.314 e. The molecule has 17 heavy (non-hydrogen) atoms. The average molecular weight is 236 g/mol. The van der Waals surface area contributed by atoms with E-state index in [0.29, 0.717) is 0 Å². The van der Waals surface area contributed by atoms with E-state index >= 15 is 0 Å². The molecular formula is C15H28N2. The highest BCUT2D eigenvalue weighted by atomic mass is 15.2. The van der Waals surface area contributed by atoms with E-state index in [1.807, 2.05) is 0 Å². The summed E-state index contributed by atoms with van der Waals surface area (Å²) < 4.78 is 0. The molecule has 2 saturated heterocycles. The molecule has 0 spiro atoms. The zero-order chi connectivity index (χ0) is 11.7. The lowest BCUT2D eigenvalue weighted by atomic mass is 9.95. The van der Waals surface area contributed by atoms with Crippen molar-refractivity contribution in [1.29, 1.82) is 0 Å². The van der Waals surface area contributed by atoms with Crippen LogP contribution in [0.15, 0.2) is 0 Å². The fraction of sp³-hybridized carbons (Fsp3) is 1.00. The molecule has 3 fully saturated rings.